The summed E-state index contributed by atoms with van der Waals surface area (Å²) in [6.07, 6.45) is 0. The summed E-state index contributed by atoms with van der Waals surface area (Å²) in [5, 5.41) is 18.7. The van der Waals surface area contributed by atoms with E-state index in [0.717, 1.165) is 14.6 Å². The van der Waals surface area contributed by atoms with Crippen LogP contribution in [-0.4, -0.2) is 5.78 Å². The molecule has 0 N–H and O–H groups in total. The minimum atomic E-state index is -0.0869. The van der Waals surface area contributed by atoms with Crippen LogP contribution in [0.4, 0.5) is 0 Å². The molecule has 0 unspecified atom stereocenters. The average Bonchev–Trinajstić information content (AvgIpc) is 2.98. The van der Waals surface area contributed by atoms with Crippen molar-refractivity contribution in [2.75, 3.05) is 0 Å². The Hall–Kier alpha value is -2.47. The first-order valence-corrected chi connectivity index (χ1v) is 7.91. The monoisotopic (exact) mass is 366 g/mol. The van der Waals surface area contributed by atoms with E-state index in [-0.39, 0.29) is 5.78 Å². The van der Waals surface area contributed by atoms with E-state index >= 15 is 0 Å². The highest BCUT2D eigenvalue weighted by atomic mass is 79.9. The molecule has 0 amide bonds. The topological polar surface area (TPSA) is 64.7 Å². The van der Waals surface area contributed by atoms with Gasteiger partial charge in [-0.15, -0.1) is 11.3 Å². The third kappa shape index (κ3) is 2.53. The minimum absolute atomic E-state index is 0.0869. The molecule has 0 atom stereocenters. The summed E-state index contributed by atoms with van der Waals surface area (Å²) in [7, 11) is 0. The molecule has 1 heterocycles. The third-order valence-corrected chi connectivity index (χ3v) is 4.95. The molecule has 0 saturated heterocycles. The fraction of sp³-hybridized carbons (Fsp3) is 0. The van der Waals surface area contributed by atoms with Crippen LogP contribution in [-0.2, 0) is 0 Å². The highest BCUT2D eigenvalue weighted by Gasteiger charge is 2.14. The maximum Gasteiger partial charge on any atom is 0.202 e. The number of thiophene rings is 1. The number of fused-ring (bicyclic) bond motifs is 1. The van der Waals surface area contributed by atoms with Gasteiger partial charge in [0.2, 0.25) is 5.78 Å². The molecule has 0 saturated carbocycles. The lowest BCUT2D eigenvalue weighted by atomic mass is 10.1. The smallest absolute Gasteiger partial charge is 0.202 e. The molecule has 0 spiro atoms. The second-order valence-corrected chi connectivity index (χ2v) is 6.55. The van der Waals surface area contributed by atoms with E-state index in [0.29, 0.717) is 21.6 Å². The number of carbonyl (C=O) groups is 1. The lowest BCUT2D eigenvalue weighted by Gasteiger charge is -1.97. The summed E-state index contributed by atoms with van der Waals surface area (Å²) in [5.74, 6) is -0.0869. The summed E-state index contributed by atoms with van der Waals surface area (Å²) < 4.78 is 1.69. The van der Waals surface area contributed by atoms with Crippen LogP contribution in [0.2, 0.25) is 0 Å². The first-order valence-electron chi connectivity index (χ1n) is 6.30. The molecule has 0 fully saturated rings. The highest BCUT2D eigenvalue weighted by molar-refractivity contribution is 9.10. The van der Waals surface area contributed by atoms with Gasteiger partial charge in [0.1, 0.15) is 0 Å². The van der Waals surface area contributed by atoms with E-state index < -0.39 is 0 Å². The maximum atomic E-state index is 12.5. The Balaban J connectivity index is 2.06. The van der Waals surface area contributed by atoms with Crippen LogP contribution < -0.4 is 0 Å². The van der Waals surface area contributed by atoms with Crippen molar-refractivity contribution in [3.05, 3.63) is 68.5 Å². The Labute approximate surface area is 139 Å². The number of nitrogens with zero attached hydrogens (tertiary/aromatic N) is 2. The van der Waals surface area contributed by atoms with Crippen LogP contribution in [0.5, 0.6) is 0 Å². The van der Waals surface area contributed by atoms with Gasteiger partial charge in [0, 0.05) is 20.1 Å². The molecule has 5 heteroatoms. The molecule has 0 bridgehead atoms. The zero-order valence-electron chi connectivity index (χ0n) is 11.1. The van der Waals surface area contributed by atoms with Gasteiger partial charge < -0.3 is 0 Å². The first-order chi connectivity index (χ1) is 10.6. The molecular weight excluding hydrogens is 360 g/mol. The molecule has 0 aliphatic rings. The number of ketones is 1. The first kappa shape index (κ1) is 14.5. The second kappa shape index (κ2) is 5.73. The number of nitriles is 2. The molecule has 3 aromatic rings. The van der Waals surface area contributed by atoms with Gasteiger partial charge in [-0.2, -0.15) is 10.5 Å². The van der Waals surface area contributed by atoms with Gasteiger partial charge in [0.15, 0.2) is 0 Å². The van der Waals surface area contributed by atoms with Gasteiger partial charge in [-0.1, -0.05) is 15.9 Å². The van der Waals surface area contributed by atoms with Crippen molar-refractivity contribution >= 4 is 43.1 Å². The maximum absolute atomic E-state index is 12.5. The fourth-order valence-corrected chi connectivity index (χ4v) is 3.91. The average molecular weight is 367 g/mol. The standard InChI is InChI=1S/C17H7BrN2OS/c18-14-5-11(9-20)6-15-13(14)7-16(22-15)17(21)12-3-1-10(8-19)2-4-12/h1-7H. The summed E-state index contributed by atoms with van der Waals surface area (Å²) in [4.78, 5) is 13.1. The molecule has 1 aromatic heterocycles. The van der Waals surface area contributed by atoms with E-state index in [1.165, 1.54) is 11.3 Å². The number of benzene rings is 2. The Morgan fingerprint density at radius 1 is 1.00 bits per heavy atom. The lowest BCUT2D eigenvalue weighted by molar-refractivity contribution is 0.104. The quantitative estimate of drug-likeness (QED) is 0.620. The van der Waals surface area contributed by atoms with Crippen molar-refractivity contribution in [3.8, 4) is 12.1 Å². The summed E-state index contributed by atoms with van der Waals surface area (Å²) in [6, 6.07) is 16.0. The third-order valence-electron chi connectivity index (χ3n) is 3.22. The number of hydrogen-bond acceptors (Lipinski definition) is 4. The molecule has 0 aliphatic carbocycles. The molecule has 3 rings (SSSR count). The SMILES string of the molecule is N#Cc1ccc(C(=O)c2cc3c(Br)cc(C#N)cc3s2)cc1. The van der Waals surface area contributed by atoms with Crippen LogP contribution in [0.3, 0.4) is 0 Å². The molecule has 2 aromatic carbocycles. The van der Waals surface area contributed by atoms with Gasteiger partial charge in [-0.3, -0.25) is 4.79 Å². The van der Waals surface area contributed by atoms with Crippen molar-refractivity contribution < 1.29 is 4.79 Å². The van der Waals surface area contributed by atoms with E-state index in [9.17, 15) is 4.79 Å². The molecule has 3 nitrogen and oxygen atoms in total. The second-order valence-electron chi connectivity index (χ2n) is 4.61. The van der Waals surface area contributed by atoms with Gasteiger partial charge in [0.05, 0.1) is 28.1 Å². The zero-order valence-corrected chi connectivity index (χ0v) is 13.5. The van der Waals surface area contributed by atoms with Crippen LogP contribution >= 0.6 is 27.3 Å². The van der Waals surface area contributed by atoms with Crippen LogP contribution in [0.1, 0.15) is 26.4 Å². The summed E-state index contributed by atoms with van der Waals surface area (Å²) in [6.45, 7) is 0. The van der Waals surface area contributed by atoms with Crippen molar-refractivity contribution in [1.29, 1.82) is 10.5 Å². The van der Waals surface area contributed by atoms with E-state index in [1.807, 2.05) is 12.1 Å². The van der Waals surface area contributed by atoms with E-state index in [4.69, 9.17) is 10.5 Å². The normalized spacial score (nSPS) is 10.1. The van der Waals surface area contributed by atoms with E-state index in [1.54, 1.807) is 36.4 Å². The Morgan fingerprint density at radius 2 is 1.68 bits per heavy atom. The summed E-state index contributed by atoms with van der Waals surface area (Å²) >= 11 is 4.79. The predicted octanol–water partition coefficient (Wildman–Crippen LogP) is 4.64. The molecule has 22 heavy (non-hydrogen) atoms. The number of carbonyl (C=O) groups excluding carboxylic acids is 1. The van der Waals surface area contributed by atoms with Crippen LogP contribution in [0.25, 0.3) is 10.1 Å². The van der Waals surface area contributed by atoms with Crippen molar-refractivity contribution in [3.63, 3.8) is 0 Å². The Kier molecular flexibility index (Phi) is 3.77. The molecule has 104 valence electrons. The number of halogens is 1. The molecular formula is C17H7BrN2OS. The summed E-state index contributed by atoms with van der Waals surface area (Å²) in [5.41, 5.74) is 1.62. The van der Waals surface area contributed by atoms with Gasteiger partial charge >= 0.3 is 0 Å². The number of hydrogen-bond donors (Lipinski definition) is 0. The predicted molar refractivity (Wildman–Crippen MR) is 88.8 cm³/mol. The van der Waals surface area contributed by atoms with Crippen molar-refractivity contribution in [2.45, 2.75) is 0 Å². The zero-order chi connectivity index (χ0) is 15.7. The van der Waals surface area contributed by atoms with Crippen molar-refractivity contribution in [1.82, 2.24) is 0 Å². The van der Waals surface area contributed by atoms with Gasteiger partial charge in [-0.25, -0.2) is 0 Å². The van der Waals surface area contributed by atoms with Crippen LogP contribution in [0.15, 0.2) is 46.9 Å². The largest absolute Gasteiger partial charge is 0.288 e. The van der Waals surface area contributed by atoms with Gasteiger partial charge in [0.25, 0.3) is 0 Å². The fourth-order valence-electron chi connectivity index (χ4n) is 2.11. The lowest BCUT2D eigenvalue weighted by Crippen LogP contribution is -1.97. The number of rotatable bonds is 2. The van der Waals surface area contributed by atoms with Crippen molar-refractivity contribution in [2.24, 2.45) is 0 Å². The highest BCUT2D eigenvalue weighted by Crippen LogP contribution is 2.33. The van der Waals surface area contributed by atoms with Crippen LogP contribution in [0, 0.1) is 22.7 Å². The Bertz CT molecular complexity index is 975. The minimum Gasteiger partial charge on any atom is -0.288 e. The van der Waals surface area contributed by atoms with E-state index in [2.05, 4.69) is 22.0 Å². The molecule has 0 aliphatic heterocycles. The Morgan fingerprint density at radius 3 is 2.32 bits per heavy atom. The van der Waals surface area contributed by atoms with Gasteiger partial charge in [-0.05, 0) is 42.5 Å². The molecule has 0 radical (unpaired) electrons.